The topological polar surface area (TPSA) is 59.9 Å². The molecule has 0 saturated heterocycles. The number of hydrogen-bond donors (Lipinski definition) is 1. The third-order valence-electron chi connectivity index (χ3n) is 2.60. The van der Waals surface area contributed by atoms with Crippen molar-refractivity contribution < 1.29 is 18.7 Å². The second-order valence-corrected chi connectivity index (χ2v) is 4.92. The molecule has 0 bridgehead atoms. The van der Waals surface area contributed by atoms with Crippen molar-refractivity contribution in [2.45, 2.75) is 0 Å². The number of hydrazone groups is 1. The Hall–Kier alpha value is -2.41. The molecular formula is C14H13FN2O3S. The fourth-order valence-electron chi connectivity index (χ4n) is 1.67. The minimum absolute atomic E-state index is 0.252. The first kappa shape index (κ1) is 15.0. The van der Waals surface area contributed by atoms with Gasteiger partial charge in [-0.2, -0.15) is 9.49 Å². The van der Waals surface area contributed by atoms with Crippen LogP contribution in [0.3, 0.4) is 0 Å². The van der Waals surface area contributed by atoms with Crippen molar-refractivity contribution in [2.75, 3.05) is 14.2 Å². The molecule has 1 aromatic carbocycles. The van der Waals surface area contributed by atoms with Crippen LogP contribution in [0.4, 0.5) is 4.39 Å². The van der Waals surface area contributed by atoms with Gasteiger partial charge in [-0.3, -0.25) is 4.79 Å². The van der Waals surface area contributed by atoms with Crippen LogP contribution in [0.15, 0.2) is 35.4 Å². The molecule has 1 amide bonds. The lowest BCUT2D eigenvalue weighted by Gasteiger charge is -2.09. The summed E-state index contributed by atoms with van der Waals surface area (Å²) in [6.07, 6.45) is 1.43. The standard InChI is InChI=1S/C14H13FN2O3S/c1-19-10-5-3-4-9(13(10)20-2)8-16-17-14(18)11-6-7-12(15)21-11/h3-8H,1-2H3,(H,17,18)/b16-8+. The Morgan fingerprint density at radius 3 is 2.71 bits per heavy atom. The van der Waals surface area contributed by atoms with Gasteiger partial charge in [-0.1, -0.05) is 6.07 Å². The van der Waals surface area contributed by atoms with Gasteiger partial charge in [0.05, 0.1) is 25.3 Å². The van der Waals surface area contributed by atoms with Crippen LogP contribution in [0, 0.1) is 5.13 Å². The van der Waals surface area contributed by atoms with Crippen LogP contribution in [-0.4, -0.2) is 26.3 Å². The fourth-order valence-corrected chi connectivity index (χ4v) is 2.29. The molecule has 7 heteroatoms. The number of halogens is 1. The zero-order valence-electron chi connectivity index (χ0n) is 11.4. The summed E-state index contributed by atoms with van der Waals surface area (Å²) in [7, 11) is 3.05. The van der Waals surface area contributed by atoms with E-state index in [4.69, 9.17) is 9.47 Å². The molecule has 0 fully saturated rings. The van der Waals surface area contributed by atoms with Crippen LogP contribution >= 0.6 is 11.3 Å². The molecule has 21 heavy (non-hydrogen) atoms. The third-order valence-corrected chi connectivity index (χ3v) is 3.47. The molecule has 0 unspecified atom stereocenters. The molecule has 110 valence electrons. The number of thiophene rings is 1. The van der Waals surface area contributed by atoms with Gasteiger partial charge < -0.3 is 9.47 Å². The zero-order chi connectivity index (χ0) is 15.2. The third kappa shape index (κ3) is 3.57. The van der Waals surface area contributed by atoms with E-state index in [9.17, 15) is 9.18 Å². The summed E-state index contributed by atoms with van der Waals surface area (Å²) in [6, 6.07) is 7.93. The maximum Gasteiger partial charge on any atom is 0.281 e. The van der Waals surface area contributed by atoms with Gasteiger partial charge >= 0.3 is 0 Å². The lowest BCUT2D eigenvalue weighted by molar-refractivity contribution is 0.0959. The van der Waals surface area contributed by atoms with Gasteiger partial charge in [0.2, 0.25) is 0 Å². The summed E-state index contributed by atoms with van der Waals surface area (Å²) in [5.74, 6) is 0.607. The van der Waals surface area contributed by atoms with Gasteiger partial charge in [0.15, 0.2) is 16.6 Å². The van der Waals surface area contributed by atoms with Crippen LogP contribution in [0.5, 0.6) is 11.5 Å². The fraction of sp³-hybridized carbons (Fsp3) is 0.143. The number of nitrogens with zero attached hydrogens (tertiary/aromatic N) is 1. The van der Waals surface area contributed by atoms with Gasteiger partial charge in [0.1, 0.15) is 0 Å². The van der Waals surface area contributed by atoms with Crippen molar-refractivity contribution in [1.82, 2.24) is 5.43 Å². The molecule has 0 radical (unpaired) electrons. The zero-order valence-corrected chi connectivity index (χ0v) is 12.2. The molecule has 1 N–H and O–H groups in total. The van der Waals surface area contributed by atoms with E-state index in [1.54, 1.807) is 18.2 Å². The first-order chi connectivity index (χ1) is 10.2. The van der Waals surface area contributed by atoms with Crippen molar-refractivity contribution in [1.29, 1.82) is 0 Å². The molecule has 1 heterocycles. The van der Waals surface area contributed by atoms with E-state index in [2.05, 4.69) is 10.5 Å². The molecule has 1 aromatic heterocycles. The van der Waals surface area contributed by atoms with Crippen molar-refractivity contribution in [3.05, 3.63) is 45.9 Å². The second-order valence-electron chi connectivity index (χ2n) is 3.89. The highest BCUT2D eigenvalue weighted by Gasteiger charge is 2.09. The van der Waals surface area contributed by atoms with Crippen LogP contribution in [-0.2, 0) is 0 Å². The smallest absolute Gasteiger partial charge is 0.281 e. The number of carbonyl (C=O) groups excluding carboxylic acids is 1. The number of carbonyl (C=O) groups is 1. The summed E-state index contributed by atoms with van der Waals surface area (Å²) in [5.41, 5.74) is 2.98. The molecule has 0 atom stereocenters. The Bertz CT molecular complexity index is 670. The number of benzene rings is 1. The number of nitrogens with one attached hydrogen (secondary N) is 1. The average Bonchev–Trinajstić information content (AvgIpc) is 2.93. The lowest BCUT2D eigenvalue weighted by Crippen LogP contribution is -2.16. The van der Waals surface area contributed by atoms with E-state index < -0.39 is 11.0 Å². The molecule has 2 rings (SSSR count). The van der Waals surface area contributed by atoms with Crippen molar-refractivity contribution in [3.63, 3.8) is 0 Å². The minimum Gasteiger partial charge on any atom is -0.493 e. The summed E-state index contributed by atoms with van der Waals surface area (Å²) in [5, 5.41) is 3.42. The Morgan fingerprint density at radius 1 is 1.29 bits per heavy atom. The molecule has 0 aliphatic carbocycles. The van der Waals surface area contributed by atoms with Crippen LogP contribution in [0.2, 0.25) is 0 Å². The molecule has 0 saturated carbocycles. The summed E-state index contributed by atoms with van der Waals surface area (Å²) in [4.78, 5) is 11.9. The highest BCUT2D eigenvalue weighted by molar-refractivity contribution is 7.12. The summed E-state index contributed by atoms with van der Waals surface area (Å²) >= 11 is 0.759. The van der Waals surface area contributed by atoms with E-state index in [-0.39, 0.29) is 4.88 Å². The Morgan fingerprint density at radius 2 is 2.10 bits per heavy atom. The second kappa shape index (κ2) is 6.85. The molecule has 2 aromatic rings. The maximum atomic E-state index is 12.8. The van der Waals surface area contributed by atoms with E-state index in [0.717, 1.165) is 11.3 Å². The van der Waals surface area contributed by atoms with Crippen LogP contribution in [0.25, 0.3) is 0 Å². The summed E-state index contributed by atoms with van der Waals surface area (Å²) in [6.45, 7) is 0. The van der Waals surface area contributed by atoms with E-state index in [1.165, 1.54) is 32.6 Å². The lowest BCUT2D eigenvalue weighted by atomic mass is 10.2. The Labute approximate surface area is 125 Å². The number of hydrogen-bond acceptors (Lipinski definition) is 5. The van der Waals surface area contributed by atoms with Gasteiger partial charge in [-0.15, -0.1) is 11.3 Å². The molecule has 0 spiro atoms. The van der Waals surface area contributed by atoms with E-state index in [0.29, 0.717) is 17.1 Å². The Balaban J connectivity index is 2.09. The minimum atomic E-state index is -0.470. The van der Waals surface area contributed by atoms with Gasteiger partial charge in [0.25, 0.3) is 5.91 Å². The van der Waals surface area contributed by atoms with E-state index >= 15 is 0 Å². The van der Waals surface area contributed by atoms with Crippen molar-refractivity contribution >= 4 is 23.5 Å². The highest BCUT2D eigenvalue weighted by atomic mass is 32.1. The number of methoxy groups -OCH3 is 2. The molecule has 5 nitrogen and oxygen atoms in total. The van der Waals surface area contributed by atoms with Crippen LogP contribution in [0.1, 0.15) is 15.2 Å². The highest BCUT2D eigenvalue weighted by Crippen LogP contribution is 2.29. The number of rotatable bonds is 5. The number of amides is 1. The average molecular weight is 308 g/mol. The van der Waals surface area contributed by atoms with Gasteiger partial charge in [0, 0.05) is 5.56 Å². The van der Waals surface area contributed by atoms with Gasteiger partial charge in [-0.25, -0.2) is 5.43 Å². The van der Waals surface area contributed by atoms with Crippen LogP contribution < -0.4 is 14.9 Å². The normalized spacial score (nSPS) is 10.6. The predicted molar refractivity (Wildman–Crippen MR) is 78.9 cm³/mol. The Kier molecular flexibility index (Phi) is 4.89. The van der Waals surface area contributed by atoms with Crippen molar-refractivity contribution in [3.8, 4) is 11.5 Å². The number of ether oxygens (including phenoxy) is 2. The molecule has 0 aliphatic rings. The monoisotopic (exact) mass is 308 g/mol. The quantitative estimate of drug-likeness (QED) is 0.682. The van der Waals surface area contributed by atoms with Crippen molar-refractivity contribution in [2.24, 2.45) is 5.10 Å². The first-order valence-corrected chi connectivity index (χ1v) is 6.77. The predicted octanol–water partition coefficient (Wildman–Crippen LogP) is 2.67. The largest absolute Gasteiger partial charge is 0.493 e. The molecular weight excluding hydrogens is 295 g/mol. The number of para-hydroxylation sites is 1. The molecule has 0 aliphatic heterocycles. The SMILES string of the molecule is COc1cccc(/C=N/NC(=O)c2ccc(F)s2)c1OC. The van der Waals surface area contributed by atoms with Gasteiger partial charge in [-0.05, 0) is 24.3 Å². The summed E-state index contributed by atoms with van der Waals surface area (Å²) < 4.78 is 23.2. The maximum absolute atomic E-state index is 12.8. The first-order valence-electron chi connectivity index (χ1n) is 5.95. The van der Waals surface area contributed by atoms with E-state index in [1.807, 2.05) is 0 Å².